The van der Waals surface area contributed by atoms with Gasteiger partial charge in [-0.2, -0.15) is 5.10 Å². The van der Waals surface area contributed by atoms with Crippen molar-refractivity contribution in [3.05, 3.63) is 41.0 Å². The Morgan fingerprint density at radius 2 is 1.89 bits per heavy atom. The number of amides is 3. The van der Waals surface area contributed by atoms with Crippen LogP contribution in [0.15, 0.2) is 30.3 Å². The predicted molar refractivity (Wildman–Crippen MR) is 112 cm³/mol. The first-order valence-corrected chi connectivity index (χ1v) is 9.73. The fourth-order valence-corrected chi connectivity index (χ4v) is 2.81. The van der Waals surface area contributed by atoms with Crippen molar-refractivity contribution in [1.82, 2.24) is 20.0 Å². The van der Waals surface area contributed by atoms with E-state index in [9.17, 15) is 9.59 Å². The molecule has 0 atom stereocenters. The van der Waals surface area contributed by atoms with Crippen LogP contribution in [0, 0.1) is 0 Å². The van der Waals surface area contributed by atoms with Crippen LogP contribution in [0.2, 0.25) is 5.02 Å². The zero-order valence-electron chi connectivity index (χ0n) is 17.0. The molecule has 152 valence electrons. The van der Waals surface area contributed by atoms with E-state index in [-0.39, 0.29) is 23.9 Å². The van der Waals surface area contributed by atoms with Crippen molar-refractivity contribution in [2.75, 3.05) is 25.0 Å². The van der Waals surface area contributed by atoms with Gasteiger partial charge in [-0.15, -0.1) is 0 Å². The molecule has 1 aromatic heterocycles. The van der Waals surface area contributed by atoms with E-state index in [1.165, 1.54) is 4.90 Å². The van der Waals surface area contributed by atoms with Gasteiger partial charge >= 0.3 is 6.03 Å². The molecule has 3 amide bonds. The largest absolute Gasteiger partial charge is 0.338 e. The van der Waals surface area contributed by atoms with Crippen molar-refractivity contribution >= 4 is 29.4 Å². The van der Waals surface area contributed by atoms with E-state index < -0.39 is 0 Å². The number of carbonyl (C=O) groups is 2. The summed E-state index contributed by atoms with van der Waals surface area (Å²) < 4.78 is 1.63. The van der Waals surface area contributed by atoms with Crippen molar-refractivity contribution in [2.45, 2.75) is 40.0 Å². The minimum atomic E-state index is -0.304. The van der Waals surface area contributed by atoms with Gasteiger partial charge in [-0.3, -0.25) is 4.79 Å². The summed E-state index contributed by atoms with van der Waals surface area (Å²) in [7, 11) is 0. The molecule has 2 aromatic rings. The number of hydrogen-bond acceptors (Lipinski definition) is 3. The molecule has 0 aliphatic carbocycles. The Morgan fingerprint density at radius 1 is 1.21 bits per heavy atom. The van der Waals surface area contributed by atoms with Crippen LogP contribution in [0.5, 0.6) is 0 Å². The monoisotopic (exact) mass is 405 g/mol. The van der Waals surface area contributed by atoms with Crippen LogP contribution in [-0.4, -0.2) is 46.3 Å². The van der Waals surface area contributed by atoms with Crippen molar-refractivity contribution < 1.29 is 9.59 Å². The highest BCUT2D eigenvalue weighted by molar-refractivity contribution is 6.32. The molecule has 0 spiro atoms. The molecule has 1 aromatic carbocycles. The average molecular weight is 406 g/mol. The molecular weight excluding hydrogens is 378 g/mol. The summed E-state index contributed by atoms with van der Waals surface area (Å²) in [6.07, 6.45) is 0. The molecule has 0 aliphatic rings. The van der Waals surface area contributed by atoms with E-state index >= 15 is 0 Å². The highest BCUT2D eigenvalue weighted by Gasteiger charge is 2.23. The molecule has 0 fully saturated rings. The van der Waals surface area contributed by atoms with Gasteiger partial charge in [0.25, 0.3) is 0 Å². The summed E-state index contributed by atoms with van der Waals surface area (Å²) >= 11 is 6.34. The first kappa shape index (κ1) is 21.8. The van der Waals surface area contributed by atoms with Gasteiger partial charge in [0, 0.05) is 24.6 Å². The number of nitrogens with zero attached hydrogens (tertiary/aromatic N) is 3. The number of hydrogen-bond donors (Lipinski definition) is 2. The molecule has 1 heterocycles. The smallest absolute Gasteiger partial charge is 0.317 e. The predicted octanol–water partition coefficient (Wildman–Crippen LogP) is 3.81. The van der Waals surface area contributed by atoms with Crippen LogP contribution in [0.3, 0.4) is 0 Å². The summed E-state index contributed by atoms with van der Waals surface area (Å²) in [5, 5.41) is 10.8. The number of aromatic nitrogens is 2. The summed E-state index contributed by atoms with van der Waals surface area (Å²) in [6, 6.07) is 8.88. The zero-order valence-corrected chi connectivity index (χ0v) is 17.8. The number of benzene rings is 1. The lowest BCUT2D eigenvalue weighted by molar-refractivity contribution is -0.116. The van der Waals surface area contributed by atoms with Crippen LogP contribution in [0.25, 0.3) is 5.69 Å². The van der Waals surface area contributed by atoms with Gasteiger partial charge in [-0.05, 0) is 26.0 Å². The molecule has 0 bridgehead atoms. The van der Waals surface area contributed by atoms with E-state index in [4.69, 9.17) is 11.6 Å². The van der Waals surface area contributed by atoms with E-state index in [0.29, 0.717) is 29.6 Å². The average Bonchev–Trinajstić information content (AvgIpc) is 3.04. The number of para-hydroxylation sites is 1. The number of urea groups is 1. The molecule has 0 saturated heterocycles. The minimum absolute atomic E-state index is 0.0547. The third kappa shape index (κ3) is 5.25. The second-order valence-corrected chi connectivity index (χ2v) is 7.83. The van der Waals surface area contributed by atoms with Crippen LogP contribution < -0.4 is 10.6 Å². The summed E-state index contributed by atoms with van der Waals surface area (Å²) in [5.74, 6) is 0.205. The Kier molecular flexibility index (Phi) is 7.07. The molecule has 2 rings (SSSR count). The van der Waals surface area contributed by atoms with E-state index in [1.54, 1.807) is 10.7 Å². The van der Waals surface area contributed by atoms with E-state index in [0.717, 1.165) is 5.69 Å². The molecule has 7 nitrogen and oxygen atoms in total. The third-order valence-corrected chi connectivity index (χ3v) is 4.48. The first-order chi connectivity index (χ1) is 13.2. The molecular formula is C20H28ClN5O2. The van der Waals surface area contributed by atoms with Gasteiger partial charge in [-0.25, -0.2) is 9.48 Å². The Labute approximate surface area is 171 Å². The maximum absolute atomic E-state index is 12.6. The molecule has 0 saturated carbocycles. The third-order valence-electron chi connectivity index (χ3n) is 4.16. The normalized spacial score (nSPS) is 11.2. The quantitative estimate of drug-likeness (QED) is 0.766. The van der Waals surface area contributed by atoms with Crippen LogP contribution in [-0.2, 0) is 10.2 Å². The number of nitrogens with one attached hydrogen (secondary N) is 2. The Morgan fingerprint density at radius 3 is 2.46 bits per heavy atom. The van der Waals surface area contributed by atoms with Gasteiger partial charge in [0.1, 0.15) is 12.4 Å². The first-order valence-electron chi connectivity index (χ1n) is 9.35. The second-order valence-electron chi connectivity index (χ2n) is 7.43. The number of halogens is 1. The fourth-order valence-electron chi connectivity index (χ4n) is 2.59. The highest BCUT2D eigenvalue weighted by Crippen LogP contribution is 2.29. The highest BCUT2D eigenvalue weighted by atomic mass is 35.5. The molecule has 0 radical (unpaired) electrons. The lowest BCUT2D eigenvalue weighted by Gasteiger charge is -2.20. The Balaban J connectivity index is 2.31. The second kappa shape index (κ2) is 9.10. The molecule has 0 aliphatic heterocycles. The van der Waals surface area contributed by atoms with Crippen LogP contribution >= 0.6 is 11.6 Å². The van der Waals surface area contributed by atoms with Gasteiger partial charge in [0.2, 0.25) is 5.91 Å². The number of likely N-dealkylation sites (N-methyl/N-ethyl adjacent to an activating group) is 1. The topological polar surface area (TPSA) is 79.3 Å². The van der Waals surface area contributed by atoms with Crippen LogP contribution in [0.4, 0.5) is 10.6 Å². The maximum Gasteiger partial charge on any atom is 0.317 e. The van der Waals surface area contributed by atoms with Gasteiger partial charge < -0.3 is 15.5 Å². The van der Waals surface area contributed by atoms with Gasteiger partial charge in [-0.1, -0.05) is 44.5 Å². The zero-order chi connectivity index (χ0) is 20.9. The van der Waals surface area contributed by atoms with Crippen molar-refractivity contribution in [2.24, 2.45) is 0 Å². The summed E-state index contributed by atoms with van der Waals surface area (Å²) in [5.41, 5.74) is 1.28. The van der Waals surface area contributed by atoms with E-state index in [1.807, 2.05) is 58.9 Å². The molecule has 28 heavy (non-hydrogen) atoms. The van der Waals surface area contributed by atoms with E-state index in [2.05, 4.69) is 15.7 Å². The lowest BCUT2D eigenvalue weighted by atomic mass is 9.92. The Bertz CT molecular complexity index is 841. The number of carbonyl (C=O) groups excluding carboxylic acids is 2. The molecule has 8 heteroatoms. The maximum atomic E-state index is 12.6. The SMILES string of the molecule is CCNC(=O)N(CC)CC(=O)Nc1cc(C(C)(C)C)nn1-c1ccccc1Cl. The Hall–Kier alpha value is -2.54. The van der Waals surface area contributed by atoms with Crippen LogP contribution in [0.1, 0.15) is 40.3 Å². The van der Waals surface area contributed by atoms with Crippen molar-refractivity contribution in [3.63, 3.8) is 0 Å². The van der Waals surface area contributed by atoms with Gasteiger partial charge in [0.15, 0.2) is 0 Å². The molecule has 0 unspecified atom stereocenters. The summed E-state index contributed by atoms with van der Waals surface area (Å²) in [4.78, 5) is 26.1. The summed E-state index contributed by atoms with van der Waals surface area (Å²) in [6.45, 7) is 10.7. The van der Waals surface area contributed by atoms with Crippen molar-refractivity contribution in [1.29, 1.82) is 0 Å². The molecule has 2 N–H and O–H groups in total. The van der Waals surface area contributed by atoms with Crippen molar-refractivity contribution in [3.8, 4) is 5.69 Å². The van der Waals surface area contributed by atoms with Gasteiger partial charge in [0.05, 0.1) is 16.4 Å². The lowest BCUT2D eigenvalue weighted by Crippen LogP contribution is -2.43. The minimum Gasteiger partial charge on any atom is -0.338 e. The fraction of sp³-hybridized carbons (Fsp3) is 0.450. The number of anilines is 1. The standard InChI is InChI=1S/C20H28ClN5O2/c1-6-22-19(28)25(7-2)13-18(27)23-17-12-16(20(3,4)5)24-26(17)15-11-9-8-10-14(15)21/h8-12H,6-7,13H2,1-5H3,(H,22,28)(H,23,27). The number of rotatable bonds is 6.